The van der Waals surface area contributed by atoms with Gasteiger partial charge in [0.1, 0.15) is 0 Å². The predicted molar refractivity (Wildman–Crippen MR) is 80.8 cm³/mol. The summed E-state index contributed by atoms with van der Waals surface area (Å²) in [6, 6.07) is 11.9. The number of ether oxygens (including phenoxy) is 1. The monoisotopic (exact) mass is 287 g/mol. The summed E-state index contributed by atoms with van der Waals surface area (Å²) >= 11 is 0. The van der Waals surface area contributed by atoms with E-state index in [1.165, 1.54) is 0 Å². The lowest BCUT2D eigenvalue weighted by atomic mass is 10.1. The zero-order chi connectivity index (χ0) is 14.8. The first-order valence-corrected chi connectivity index (χ1v) is 7.13. The van der Waals surface area contributed by atoms with E-state index in [2.05, 4.69) is 15.3 Å². The maximum atomic E-state index is 8.68. The van der Waals surface area contributed by atoms with Gasteiger partial charge in [0.05, 0.1) is 31.6 Å². The summed E-state index contributed by atoms with van der Waals surface area (Å²) in [5.74, 6) is 0. The van der Waals surface area contributed by atoms with Crippen molar-refractivity contribution in [1.29, 1.82) is 0 Å². The van der Waals surface area contributed by atoms with Crippen LogP contribution in [0.15, 0.2) is 48.8 Å². The van der Waals surface area contributed by atoms with Crippen LogP contribution in [0.25, 0.3) is 0 Å². The minimum absolute atomic E-state index is 0.0532. The van der Waals surface area contributed by atoms with Crippen LogP contribution in [0.1, 0.15) is 17.4 Å². The molecule has 1 unspecified atom stereocenters. The number of pyridine rings is 2. The molecule has 2 N–H and O–H groups in total. The Morgan fingerprint density at radius 1 is 1.05 bits per heavy atom. The van der Waals surface area contributed by atoms with Crippen molar-refractivity contribution < 1.29 is 9.84 Å². The van der Waals surface area contributed by atoms with Crippen molar-refractivity contribution in [3.63, 3.8) is 0 Å². The standard InChI is InChI=1S/C16H21N3O2/c20-10-12-21-11-9-19-16(15-6-2-4-8-18-15)13-14-5-1-3-7-17-14/h1-8,16,19-20H,9-13H2. The average molecular weight is 287 g/mol. The predicted octanol–water partition coefficient (Wildman–Crippen LogP) is 1.36. The van der Waals surface area contributed by atoms with Crippen LogP contribution in [-0.2, 0) is 11.2 Å². The quantitative estimate of drug-likeness (QED) is 0.682. The molecular weight excluding hydrogens is 266 g/mol. The average Bonchev–Trinajstić information content (AvgIpc) is 2.55. The Hall–Kier alpha value is -1.82. The summed E-state index contributed by atoms with van der Waals surface area (Å²) in [5.41, 5.74) is 2.02. The first kappa shape index (κ1) is 15.6. The Kier molecular flexibility index (Phi) is 6.80. The van der Waals surface area contributed by atoms with Crippen LogP contribution in [0.2, 0.25) is 0 Å². The fraction of sp³-hybridized carbons (Fsp3) is 0.375. The molecule has 0 saturated carbocycles. The molecule has 2 aromatic heterocycles. The smallest absolute Gasteiger partial charge is 0.0698 e. The lowest BCUT2D eigenvalue weighted by Crippen LogP contribution is -2.28. The van der Waals surface area contributed by atoms with Gasteiger partial charge >= 0.3 is 0 Å². The van der Waals surface area contributed by atoms with Gasteiger partial charge in [-0.1, -0.05) is 12.1 Å². The summed E-state index contributed by atoms with van der Waals surface area (Å²) in [5, 5.41) is 12.1. The van der Waals surface area contributed by atoms with E-state index < -0.39 is 0 Å². The van der Waals surface area contributed by atoms with Gasteiger partial charge in [-0.3, -0.25) is 9.97 Å². The maximum absolute atomic E-state index is 8.68. The number of aromatic nitrogens is 2. The fourth-order valence-corrected chi connectivity index (χ4v) is 2.06. The van der Waals surface area contributed by atoms with E-state index in [0.717, 1.165) is 17.8 Å². The zero-order valence-corrected chi connectivity index (χ0v) is 12.0. The van der Waals surface area contributed by atoms with E-state index in [1.807, 2.05) is 36.4 Å². The highest BCUT2D eigenvalue weighted by molar-refractivity contribution is 5.13. The zero-order valence-electron chi connectivity index (χ0n) is 12.0. The molecule has 2 rings (SSSR count). The molecule has 0 aliphatic rings. The molecule has 0 saturated heterocycles. The highest BCUT2D eigenvalue weighted by Crippen LogP contribution is 2.14. The minimum atomic E-state index is 0.0532. The van der Waals surface area contributed by atoms with Gasteiger partial charge in [0, 0.05) is 31.1 Å². The van der Waals surface area contributed by atoms with Gasteiger partial charge < -0.3 is 15.2 Å². The molecule has 0 fully saturated rings. The van der Waals surface area contributed by atoms with E-state index in [-0.39, 0.29) is 12.6 Å². The molecule has 2 aromatic rings. The SMILES string of the molecule is OCCOCCNC(Cc1ccccn1)c1ccccn1. The van der Waals surface area contributed by atoms with Crippen molar-refractivity contribution in [1.82, 2.24) is 15.3 Å². The maximum Gasteiger partial charge on any atom is 0.0698 e. The van der Waals surface area contributed by atoms with Crippen LogP contribution in [-0.4, -0.2) is 41.4 Å². The number of rotatable bonds is 9. The van der Waals surface area contributed by atoms with E-state index in [1.54, 1.807) is 12.4 Å². The normalized spacial score (nSPS) is 12.2. The Morgan fingerprint density at radius 2 is 1.86 bits per heavy atom. The number of aliphatic hydroxyl groups excluding tert-OH is 1. The van der Waals surface area contributed by atoms with Gasteiger partial charge in [-0.05, 0) is 24.3 Å². The second kappa shape index (κ2) is 9.18. The molecule has 21 heavy (non-hydrogen) atoms. The Morgan fingerprint density at radius 3 is 2.52 bits per heavy atom. The van der Waals surface area contributed by atoms with Gasteiger partial charge in [-0.15, -0.1) is 0 Å². The molecule has 0 spiro atoms. The third-order valence-corrected chi connectivity index (χ3v) is 3.06. The van der Waals surface area contributed by atoms with Crippen LogP contribution < -0.4 is 5.32 Å². The van der Waals surface area contributed by atoms with Crippen LogP contribution in [0.4, 0.5) is 0 Å². The van der Waals surface area contributed by atoms with E-state index in [0.29, 0.717) is 19.8 Å². The molecule has 0 radical (unpaired) electrons. The van der Waals surface area contributed by atoms with Gasteiger partial charge in [0.25, 0.3) is 0 Å². The van der Waals surface area contributed by atoms with Crippen molar-refractivity contribution >= 4 is 0 Å². The van der Waals surface area contributed by atoms with E-state index in [9.17, 15) is 0 Å². The topological polar surface area (TPSA) is 67.3 Å². The number of aliphatic hydroxyl groups is 1. The molecule has 0 amide bonds. The Balaban J connectivity index is 1.94. The third kappa shape index (κ3) is 5.59. The van der Waals surface area contributed by atoms with Crippen LogP contribution in [0.5, 0.6) is 0 Å². The van der Waals surface area contributed by atoms with E-state index >= 15 is 0 Å². The lowest BCUT2D eigenvalue weighted by molar-refractivity contribution is 0.0925. The summed E-state index contributed by atoms with van der Waals surface area (Å²) in [6.07, 6.45) is 4.37. The molecule has 5 nitrogen and oxygen atoms in total. The first-order chi connectivity index (χ1) is 10.4. The summed E-state index contributed by atoms with van der Waals surface area (Å²) in [4.78, 5) is 8.79. The lowest BCUT2D eigenvalue weighted by Gasteiger charge is -2.18. The number of hydrogen-bond acceptors (Lipinski definition) is 5. The van der Waals surface area contributed by atoms with Gasteiger partial charge in [-0.25, -0.2) is 0 Å². The molecule has 5 heteroatoms. The summed E-state index contributed by atoms with van der Waals surface area (Å²) in [7, 11) is 0. The molecule has 2 heterocycles. The van der Waals surface area contributed by atoms with Crippen molar-refractivity contribution in [3.8, 4) is 0 Å². The van der Waals surface area contributed by atoms with Crippen molar-refractivity contribution in [2.24, 2.45) is 0 Å². The molecule has 0 aliphatic heterocycles. The highest BCUT2D eigenvalue weighted by Gasteiger charge is 2.13. The number of nitrogens with one attached hydrogen (secondary N) is 1. The van der Waals surface area contributed by atoms with Crippen LogP contribution >= 0.6 is 0 Å². The molecule has 0 aromatic carbocycles. The van der Waals surface area contributed by atoms with Gasteiger partial charge in [0.15, 0.2) is 0 Å². The second-order valence-electron chi connectivity index (χ2n) is 4.62. The third-order valence-electron chi connectivity index (χ3n) is 3.06. The van der Waals surface area contributed by atoms with E-state index in [4.69, 9.17) is 9.84 Å². The van der Waals surface area contributed by atoms with Crippen molar-refractivity contribution in [2.45, 2.75) is 12.5 Å². The number of hydrogen-bond donors (Lipinski definition) is 2. The molecule has 0 bridgehead atoms. The minimum Gasteiger partial charge on any atom is -0.394 e. The van der Waals surface area contributed by atoms with Crippen LogP contribution in [0, 0.1) is 0 Å². The first-order valence-electron chi connectivity index (χ1n) is 7.13. The van der Waals surface area contributed by atoms with Gasteiger partial charge in [-0.2, -0.15) is 0 Å². The Bertz CT molecular complexity index is 493. The molecule has 0 aliphatic carbocycles. The Labute approximate surface area is 125 Å². The molecular formula is C16H21N3O2. The van der Waals surface area contributed by atoms with Crippen molar-refractivity contribution in [3.05, 3.63) is 60.2 Å². The van der Waals surface area contributed by atoms with Crippen molar-refractivity contribution in [2.75, 3.05) is 26.4 Å². The second-order valence-corrected chi connectivity index (χ2v) is 4.62. The summed E-state index contributed by atoms with van der Waals surface area (Å²) < 4.78 is 5.27. The molecule has 112 valence electrons. The summed E-state index contributed by atoms with van der Waals surface area (Å²) in [6.45, 7) is 1.69. The van der Waals surface area contributed by atoms with Crippen LogP contribution in [0.3, 0.4) is 0 Å². The largest absolute Gasteiger partial charge is 0.394 e. The van der Waals surface area contributed by atoms with Gasteiger partial charge in [0.2, 0.25) is 0 Å². The fourth-order valence-electron chi connectivity index (χ4n) is 2.06. The highest BCUT2D eigenvalue weighted by atomic mass is 16.5. The number of nitrogens with zero attached hydrogens (tertiary/aromatic N) is 2. The molecule has 1 atom stereocenters.